The maximum atomic E-state index is 12.0. The summed E-state index contributed by atoms with van der Waals surface area (Å²) >= 11 is 1.49. The van der Waals surface area contributed by atoms with Gasteiger partial charge in [0.05, 0.1) is 18.1 Å². The standard InChI is InChI=1S/C19H26N4O3S/c1-4-23(5-2)17-10-14(11-25-3)21-19(22-17)27-12-15-8-9-16(26-15)18(24)20-13-6-7-13/h8-10,13H,4-7,11-12H2,1-3H3,(H,20,24). The number of nitrogens with zero attached hydrogens (tertiary/aromatic N) is 3. The SMILES string of the molecule is CCN(CC)c1cc(COC)nc(SCc2ccc(C(=O)NC3CC3)o2)n1. The molecule has 2 aromatic rings. The molecule has 0 aliphatic heterocycles. The number of anilines is 1. The van der Waals surface area contributed by atoms with Gasteiger partial charge in [0.2, 0.25) is 0 Å². The summed E-state index contributed by atoms with van der Waals surface area (Å²) in [6.45, 7) is 6.40. The zero-order chi connectivity index (χ0) is 19.2. The molecule has 0 bridgehead atoms. The molecule has 0 spiro atoms. The lowest BCUT2D eigenvalue weighted by Gasteiger charge is -2.20. The van der Waals surface area contributed by atoms with Crippen molar-refractivity contribution in [2.24, 2.45) is 0 Å². The zero-order valence-corrected chi connectivity index (χ0v) is 16.8. The Labute approximate surface area is 163 Å². The predicted molar refractivity (Wildman–Crippen MR) is 105 cm³/mol. The van der Waals surface area contributed by atoms with Crippen LogP contribution in [-0.4, -0.2) is 42.1 Å². The predicted octanol–water partition coefficient (Wildman–Crippen LogP) is 3.25. The van der Waals surface area contributed by atoms with E-state index >= 15 is 0 Å². The van der Waals surface area contributed by atoms with Crippen LogP contribution in [0.4, 0.5) is 5.82 Å². The molecule has 1 amide bonds. The van der Waals surface area contributed by atoms with Crippen LogP contribution in [0.5, 0.6) is 0 Å². The fourth-order valence-electron chi connectivity index (χ4n) is 2.65. The van der Waals surface area contributed by atoms with E-state index < -0.39 is 0 Å². The molecule has 0 aromatic carbocycles. The minimum Gasteiger partial charge on any atom is -0.455 e. The second-order valence-electron chi connectivity index (χ2n) is 6.41. The molecular weight excluding hydrogens is 364 g/mol. The van der Waals surface area contributed by atoms with Crippen molar-refractivity contribution in [1.29, 1.82) is 0 Å². The van der Waals surface area contributed by atoms with Gasteiger partial charge in [0, 0.05) is 32.3 Å². The van der Waals surface area contributed by atoms with Gasteiger partial charge in [0.25, 0.3) is 5.91 Å². The van der Waals surface area contributed by atoms with Gasteiger partial charge in [-0.15, -0.1) is 0 Å². The van der Waals surface area contributed by atoms with Gasteiger partial charge >= 0.3 is 0 Å². The Hall–Kier alpha value is -2.06. The Morgan fingerprint density at radius 1 is 1.33 bits per heavy atom. The number of methoxy groups -OCH3 is 1. The second kappa shape index (κ2) is 9.23. The van der Waals surface area contributed by atoms with E-state index in [1.54, 1.807) is 13.2 Å². The Morgan fingerprint density at radius 3 is 2.78 bits per heavy atom. The Morgan fingerprint density at radius 2 is 2.11 bits per heavy atom. The van der Waals surface area contributed by atoms with E-state index in [0.29, 0.717) is 29.3 Å². The second-order valence-corrected chi connectivity index (χ2v) is 7.35. The normalized spacial score (nSPS) is 13.6. The lowest BCUT2D eigenvalue weighted by Crippen LogP contribution is -2.24. The third-order valence-electron chi connectivity index (χ3n) is 4.27. The highest BCUT2D eigenvalue weighted by Crippen LogP contribution is 2.25. The van der Waals surface area contributed by atoms with Crippen molar-refractivity contribution in [2.75, 3.05) is 25.1 Å². The van der Waals surface area contributed by atoms with E-state index in [0.717, 1.165) is 43.2 Å². The first-order chi connectivity index (χ1) is 13.1. The molecule has 1 saturated carbocycles. The summed E-state index contributed by atoms with van der Waals surface area (Å²) in [6, 6.07) is 5.83. The van der Waals surface area contributed by atoms with E-state index in [4.69, 9.17) is 9.15 Å². The first-order valence-electron chi connectivity index (χ1n) is 9.27. The van der Waals surface area contributed by atoms with Gasteiger partial charge in [-0.2, -0.15) is 0 Å². The first-order valence-corrected chi connectivity index (χ1v) is 10.3. The summed E-state index contributed by atoms with van der Waals surface area (Å²) in [4.78, 5) is 23.4. The van der Waals surface area contributed by atoms with E-state index in [1.807, 2.05) is 12.1 Å². The van der Waals surface area contributed by atoms with Crippen molar-refractivity contribution in [3.8, 4) is 0 Å². The van der Waals surface area contributed by atoms with Crippen LogP contribution in [0, 0.1) is 0 Å². The lowest BCUT2D eigenvalue weighted by molar-refractivity contribution is 0.0922. The highest BCUT2D eigenvalue weighted by atomic mass is 32.2. The van der Waals surface area contributed by atoms with Crippen molar-refractivity contribution in [1.82, 2.24) is 15.3 Å². The number of hydrogen-bond acceptors (Lipinski definition) is 7. The summed E-state index contributed by atoms with van der Waals surface area (Å²) in [5.41, 5.74) is 0.848. The summed E-state index contributed by atoms with van der Waals surface area (Å²) in [5.74, 6) is 2.40. The van der Waals surface area contributed by atoms with Crippen LogP contribution in [0.1, 0.15) is 48.7 Å². The summed E-state index contributed by atoms with van der Waals surface area (Å²) in [7, 11) is 1.66. The Kier molecular flexibility index (Phi) is 6.73. The zero-order valence-electron chi connectivity index (χ0n) is 16.0. The fourth-order valence-corrected chi connectivity index (χ4v) is 3.42. The maximum Gasteiger partial charge on any atom is 0.287 e. The number of carbonyl (C=O) groups excluding carboxylic acids is 1. The van der Waals surface area contributed by atoms with Gasteiger partial charge in [-0.05, 0) is 38.8 Å². The van der Waals surface area contributed by atoms with Gasteiger partial charge < -0.3 is 19.4 Å². The van der Waals surface area contributed by atoms with Gasteiger partial charge in [0.1, 0.15) is 11.6 Å². The smallest absolute Gasteiger partial charge is 0.287 e. The van der Waals surface area contributed by atoms with Crippen molar-refractivity contribution in [3.05, 3.63) is 35.4 Å². The van der Waals surface area contributed by atoms with Crippen LogP contribution in [0.3, 0.4) is 0 Å². The number of hydrogen-bond donors (Lipinski definition) is 1. The van der Waals surface area contributed by atoms with Crippen LogP contribution in [0.15, 0.2) is 27.8 Å². The van der Waals surface area contributed by atoms with E-state index in [-0.39, 0.29) is 5.91 Å². The van der Waals surface area contributed by atoms with E-state index in [1.165, 1.54) is 11.8 Å². The molecule has 1 aliphatic carbocycles. The average Bonchev–Trinajstić information content (AvgIpc) is 3.34. The average molecular weight is 391 g/mol. The van der Waals surface area contributed by atoms with Crippen molar-refractivity contribution < 1.29 is 13.9 Å². The molecular formula is C19H26N4O3S. The summed E-state index contributed by atoms with van der Waals surface area (Å²) in [5, 5.41) is 3.60. The molecule has 27 heavy (non-hydrogen) atoms. The topological polar surface area (TPSA) is 80.5 Å². The van der Waals surface area contributed by atoms with Crippen molar-refractivity contribution in [2.45, 2.75) is 50.2 Å². The van der Waals surface area contributed by atoms with Crippen LogP contribution in [-0.2, 0) is 17.1 Å². The van der Waals surface area contributed by atoms with Crippen LogP contribution >= 0.6 is 11.8 Å². The number of carbonyl (C=O) groups is 1. The Bertz CT molecular complexity index is 772. The molecule has 2 heterocycles. The molecule has 7 nitrogen and oxygen atoms in total. The number of aromatic nitrogens is 2. The molecule has 1 fully saturated rings. The summed E-state index contributed by atoms with van der Waals surface area (Å²) < 4.78 is 10.9. The number of ether oxygens (including phenoxy) is 1. The highest BCUT2D eigenvalue weighted by molar-refractivity contribution is 7.98. The molecule has 0 unspecified atom stereocenters. The molecule has 0 saturated heterocycles. The lowest BCUT2D eigenvalue weighted by atomic mass is 10.3. The van der Waals surface area contributed by atoms with E-state index in [9.17, 15) is 4.79 Å². The van der Waals surface area contributed by atoms with Crippen LogP contribution in [0.2, 0.25) is 0 Å². The molecule has 3 rings (SSSR count). The van der Waals surface area contributed by atoms with Crippen LogP contribution < -0.4 is 10.2 Å². The number of amides is 1. The molecule has 8 heteroatoms. The number of nitrogens with one attached hydrogen (secondary N) is 1. The number of rotatable bonds is 10. The van der Waals surface area contributed by atoms with Gasteiger partial charge in [-0.1, -0.05) is 11.8 Å². The number of furan rings is 1. The third-order valence-corrected chi connectivity index (χ3v) is 5.14. The quantitative estimate of drug-likeness (QED) is 0.493. The first kappa shape index (κ1) is 19.7. The largest absolute Gasteiger partial charge is 0.455 e. The van der Waals surface area contributed by atoms with Gasteiger partial charge in [-0.3, -0.25) is 4.79 Å². The molecule has 0 atom stereocenters. The maximum absolute atomic E-state index is 12.0. The molecule has 2 aromatic heterocycles. The molecule has 1 N–H and O–H groups in total. The minimum atomic E-state index is -0.143. The fraction of sp³-hybridized carbons (Fsp3) is 0.526. The molecule has 0 radical (unpaired) electrons. The minimum absolute atomic E-state index is 0.143. The summed E-state index contributed by atoms with van der Waals surface area (Å²) in [6.07, 6.45) is 2.11. The van der Waals surface area contributed by atoms with E-state index in [2.05, 4.69) is 34.0 Å². The molecule has 146 valence electrons. The monoisotopic (exact) mass is 390 g/mol. The third kappa shape index (κ3) is 5.46. The molecule has 1 aliphatic rings. The Balaban J connectivity index is 1.67. The highest BCUT2D eigenvalue weighted by Gasteiger charge is 2.25. The van der Waals surface area contributed by atoms with Crippen molar-refractivity contribution in [3.63, 3.8) is 0 Å². The van der Waals surface area contributed by atoms with Gasteiger partial charge in [-0.25, -0.2) is 9.97 Å². The number of thioether (sulfide) groups is 1. The van der Waals surface area contributed by atoms with Crippen molar-refractivity contribution >= 4 is 23.5 Å². The van der Waals surface area contributed by atoms with Gasteiger partial charge in [0.15, 0.2) is 10.9 Å². The van der Waals surface area contributed by atoms with Crippen LogP contribution in [0.25, 0.3) is 0 Å².